The van der Waals surface area contributed by atoms with Gasteiger partial charge in [0.2, 0.25) is 11.8 Å². The number of benzene rings is 3. The number of methoxy groups -OCH3 is 2. The highest BCUT2D eigenvalue weighted by molar-refractivity contribution is 7.92. The highest BCUT2D eigenvalue weighted by Gasteiger charge is 2.33. The summed E-state index contributed by atoms with van der Waals surface area (Å²) in [6.45, 7) is 3.20. The summed E-state index contributed by atoms with van der Waals surface area (Å²) in [4.78, 5) is 28.1. The Morgan fingerprint density at radius 1 is 0.953 bits per heavy atom. The van der Waals surface area contributed by atoms with Gasteiger partial charge in [0.15, 0.2) is 11.5 Å². The molecule has 0 radical (unpaired) electrons. The predicted molar refractivity (Wildman–Crippen MR) is 165 cm³/mol. The summed E-state index contributed by atoms with van der Waals surface area (Å²) in [5.41, 5.74) is 0.617. The van der Waals surface area contributed by atoms with Crippen LogP contribution in [-0.2, 0) is 26.2 Å². The Hall–Kier alpha value is -3.54. The van der Waals surface area contributed by atoms with E-state index in [1.54, 1.807) is 25.1 Å². The smallest absolute Gasteiger partial charge is 0.264 e. The van der Waals surface area contributed by atoms with Crippen molar-refractivity contribution in [1.82, 2.24) is 10.2 Å². The van der Waals surface area contributed by atoms with Gasteiger partial charge >= 0.3 is 0 Å². The summed E-state index contributed by atoms with van der Waals surface area (Å²) in [6, 6.07) is 12.5. The number of hydrogen-bond acceptors (Lipinski definition) is 6. The van der Waals surface area contributed by atoms with Crippen molar-refractivity contribution in [3.8, 4) is 11.5 Å². The molecule has 0 aliphatic rings. The highest BCUT2D eigenvalue weighted by Crippen LogP contribution is 2.32. The van der Waals surface area contributed by atoms with E-state index in [1.165, 1.54) is 49.5 Å². The summed E-state index contributed by atoms with van der Waals surface area (Å²) in [5.74, 6) is -1.21. The summed E-state index contributed by atoms with van der Waals surface area (Å²) < 4.78 is 53.2. The number of amides is 2. The van der Waals surface area contributed by atoms with Crippen molar-refractivity contribution >= 4 is 50.7 Å². The Morgan fingerprint density at radius 2 is 1.63 bits per heavy atom. The number of carbonyl (C=O) groups excluding carboxylic acids is 2. The van der Waals surface area contributed by atoms with E-state index in [2.05, 4.69) is 5.32 Å². The van der Waals surface area contributed by atoms with E-state index < -0.39 is 40.2 Å². The maximum atomic E-state index is 14.0. The van der Waals surface area contributed by atoms with Gasteiger partial charge in [-0.05, 0) is 67.4 Å². The normalized spacial score (nSPS) is 11.9. The summed E-state index contributed by atoms with van der Waals surface area (Å²) in [7, 11) is -1.63. The number of anilines is 1. The second kappa shape index (κ2) is 15.3. The fourth-order valence-corrected chi connectivity index (χ4v) is 5.94. The van der Waals surface area contributed by atoms with Crippen molar-refractivity contribution in [3.05, 3.63) is 82.1 Å². The standard InChI is InChI=1S/C30H34Cl2FN3O6S/c1-5-6-15-34-30(38)20(2)35(18-21-7-13-25(31)26(32)16-21)29(37)19-36(23-10-8-22(33)9-11-23)43(39,40)24-12-14-27(41-3)28(17-24)42-4/h7-14,16-17,20H,5-6,15,18-19H2,1-4H3,(H,34,38)/t20-/m0/s1. The number of unbranched alkanes of at least 4 members (excludes halogenated alkanes) is 1. The fourth-order valence-electron chi connectivity index (χ4n) is 4.19. The van der Waals surface area contributed by atoms with Crippen LogP contribution in [0.25, 0.3) is 0 Å². The number of carbonyl (C=O) groups is 2. The lowest BCUT2D eigenvalue weighted by molar-refractivity contribution is -0.139. The van der Waals surface area contributed by atoms with E-state index in [0.29, 0.717) is 22.9 Å². The Balaban J connectivity index is 2.05. The molecule has 232 valence electrons. The molecule has 9 nitrogen and oxygen atoms in total. The molecule has 0 saturated carbocycles. The van der Waals surface area contributed by atoms with Crippen molar-refractivity contribution < 1.29 is 31.9 Å². The molecule has 1 atom stereocenters. The third kappa shape index (κ3) is 8.52. The number of sulfonamides is 1. The van der Waals surface area contributed by atoms with Crippen molar-refractivity contribution in [2.75, 3.05) is 31.6 Å². The van der Waals surface area contributed by atoms with Gasteiger partial charge in [-0.1, -0.05) is 42.6 Å². The lowest BCUT2D eigenvalue weighted by atomic mass is 10.1. The summed E-state index contributed by atoms with van der Waals surface area (Å²) >= 11 is 12.3. The topological polar surface area (TPSA) is 105 Å². The van der Waals surface area contributed by atoms with Gasteiger partial charge < -0.3 is 19.7 Å². The molecule has 1 N–H and O–H groups in total. The zero-order chi connectivity index (χ0) is 31.7. The van der Waals surface area contributed by atoms with Crippen molar-refractivity contribution in [2.45, 2.75) is 44.2 Å². The van der Waals surface area contributed by atoms with Crippen LogP contribution in [0.1, 0.15) is 32.3 Å². The third-order valence-corrected chi connectivity index (χ3v) is 9.18. The Kier molecular flexibility index (Phi) is 12.1. The lowest BCUT2D eigenvalue weighted by Crippen LogP contribution is -2.51. The SMILES string of the molecule is CCCCNC(=O)[C@H](C)N(Cc1ccc(Cl)c(Cl)c1)C(=O)CN(c1ccc(F)cc1)S(=O)(=O)c1ccc(OC)c(OC)c1. The van der Waals surface area contributed by atoms with Crippen molar-refractivity contribution in [2.24, 2.45) is 0 Å². The van der Waals surface area contributed by atoms with Gasteiger partial charge in [0.1, 0.15) is 18.4 Å². The number of nitrogens with zero attached hydrogens (tertiary/aromatic N) is 2. The maximum absolute atomic E-state index is 14.0. The van der Waals surface area contributed by atoms with E-state index in [9.17, 15) is 22.4 Å². The Labute approximate surface area is 261 Å². The third-order valence-electron chi connectivity index (χ3n) is 6.67. The average molecular weight is 655 g/mol. The Bertz CT molecular complexity index is 1540. The molecule has 43 heavy (non-hydrogen) atoms. The van der Waals surface area contributed by atoms with Crippen LogP contribution in [0.5, 0.6) is 11.5 Å². The minimum atomic E-state index is -4.41. The zero-order valence-corrected chi connectivity index (χ0v) is 26.6. The molecule has 0 spiro atoms. The molecule has 0 aliphatic carbocycles. The van der Waals surface area contributed by atoms with Gasteiger partial charge in [0, 0.05) is 19.2 Å². The second-order valence-corrected chi connectivity index (χ2v) is 12.3. The number of hydrogen-bond donors (Lipinski definition) is 1. The molecule has 0 heterocycles. The van der Waals surface area contributed by atoms with Crippen LogP contribution in [0.3, 0.4) is 0 Å². The molecular formula is C30H34Cl2FN3O6S. The van der Waals surface area contributed by atoms with Gasteiger partial charge in [-0.2, -0.15) is 0 Å². The first-order valence-electron chi connectivity index (χ1n) is 13.4. The first-order chi connectivity index (χ1) is 20.4. The predicted octanol–water partition coefficient (Wildman–Crippen LogP) is 5.68. The molecule has 0 aliphatic heterocycles. The number of rotatable bonds is 14. The van der Waals surface area contributed by atoms with E-state index in [4.69, 9.17) is 32.7 Å². The van der Waals surface area contributed by atoms with Crippen LogP contribution in [-0.4, -0.2) is 58.5 Å². The average Bonchev–Trinajstić information content (AvgIpc) is 3.00. The fraction of sp³-hybridized carbons (Fsp3) is 0.333. The van der Waals surface area contributed by atoms with Crippen LogP contribution in [0.15, 0.2) is 65.6 Å². The van der Waals surface area contributed by atoms with Crippen LogP contribution >= 0.6 is 23.2 Å². The molecule has 2 amide bonds. The van der Waals surface area contributed by atoms with Crippen molar-refractivity contribution in [1.29, 1.82) is 0 Å². The molecule has 0 unspecified atom stereocenters. The first-order valence-corrected chi connectivity index (χ1v) is 15.6. The van der Waals surface area contributed by atoms with Crippen LogP contribution in [0.2, 0.25) is 10.0 Å². The number of ether oxygens (including phenoxy) is 2. The molecular weight excluding hydrogens is 620 g/mol. The largest absolute Gasteiger partial charge is 0.493 e. The minimum absolute atomic E-state index is 0.0408. The molecule has 0 bridgehead atoms. The highest BCUT2D eigenvalue weighted by atomic mass is 35.5. The van der Waals surface area contributed by atoms with Crippen LogP contribution < -0.4 is 19.1 Å². The lowest BCUT2D eigenvalue weighted by Gasteiger charge is -2.32. The van der Waals surface area contributed by atoms with E-state index in [1.807, 2.05) is 6.92 Å². The molecule has 3 rings (SSSR count). The Morgan fingerprint density at radius 3 is 2.23 bits per heavy atom. The second-order valence-electron chi connectivity index (χ2n) is 9.60. The summed E-state index contributed by atoms with van der Waals surface area (Å²) in [5, 5.41) is 3.39. The minimum Gasteiger partial charge on any atom is -0.493 e. The molecule has 13 heteroatoms. The van der Waals surface area contributed by atoms with Gasteiger partial charge in [-0.3, -0.25) is 13.9 Å². The first kappa shape index (κ1) is 34.0. The zero-order valence-electron chi connectivity index (χ0n) is 24.3. The molecule has 3 aromatic rings. The van der Waals surface area contributed by atoms with Crippen LogP contribution in [0, 0.1) is 5.82 Å². The van der Waals surface area contributed by atoms with Crippen LogP contribution in [0.4, 0.5) is 10.1 Å². The number of nitrogens with one attached hydrogen (secondary N) is 1. The van der Waals surface area contributed by atoms with Gasteiger partial charge in [-0.25, -0.2) is 12.8 Å². The van der Waals surface area contributed by atoms with Crippen molar-refractivity contribution in [3.63, 3.8) is 0 Å². The molecule has 0 aromatic heterocycles. The quantitative estimate of drug-likeness (QED) is 0.225. The summed E-state index contributed by atoms with van der Waals surface area (Å²) in [6.07, 6.45) is 1.61. The monoisotopic (exact) mass is 653 g/mol. The van der Waals surface area contributed by atoms with E-state index in [-0.39, 0.29) is 27.9 Å². The molecule has 0 fully saturated rings. The molecule has 3 aromatic carbocycles. The van der Waals surface area contributed by atoms with Gasteiger partial charge in [-0.15, -0.1) is 0 Å². The number of halogens is 3. The van der Waals surface area contributed by atoms with E-state index >= 15 is 0 Å². The van der Waals surface area contributed by atoms with Gasteiger partial charge in [0.25, 0.3) is 10.0 Å². The van der Waals surface area contributed by atoms with Gasteiger partial charge in [0.05, 0.1) is 34.8 Å². The molecule has 0 saturated heterocycles. The van der Waals surface area contributed by atoms with E-state index in [0.717, 1.165) is 29.3 Å². The maximum Gasteiger partial charge on any atom is 0.264 e.